The Balaban J connectivity index is 1.72. The van der Waals surface area contributed by atoms with E-state index in [2.05, 4.69) is 63.0 Å². The van der Waals surface area contributed by atoms with E-state index in [0.717, 1.165) is 25.1 Å². The minimum atomic E-state index is 0.220. The molecule has 1 unspecified atom stereocenters. The van der Waals surface area contributed by atoms with Crippen LogP contribution in [0.2, 0.25) is 0 Å². The van der Waals surface area contributed by atoms with Crippen LogP contribution in [0.5, 0.6) is 5.75 Å². The number of nitrogens with zero attached hydrogens (tertiary/aromatic N) is 4. The molecule has 0 aliphatic carbocycles. The first kappa shape index (κ1) is 18.8. The molecule has 1 aliphatic heterocycles. The second kappa shape index (κ2) is 9.12. The largest absolute Gasteiger partial charge is 0.477 e. The van der Waals surface area contributed by atoms with Gasteiger partial charge >= 0.3 is 0 Å². The van der Waals surface area contributed by atoms with Crippen LogP contribution in [0.15, 0.2) is 41.5 Å². The number of nitrogen functional groups attached to an aromatic ring is 1. The molecule has 27 heavy (non-hydrogen) atoms. The van der Waals surface area contributed by atoms with Crippen LogP contribution in [0.25, 0.3) is 0 Å². The Morgan fingerprint density at radius 1 is 1.30 bits per heavy atom. The third-order valence-corrected chi connectivity index (χ3v) is 4.56. The molecule has 1 aliphatic rings. The van der Waals surface area contributed by atoms with Crippen molar-refractivity contribution in [3.05, 3.63) is 42.1 Å². The number of nitrogens with one attached hydrogen (secondary N) is 1. The summed E-state index contributed by atoms with van der Waals surface area (Å²) in [4.78, 5) is 12.7. The fraction of sp³-hybridized carbons (Fsp3) is 0.400. The SMILES string of the molecule is CCCCNc1nc(N)ncc1OCC1=[N+](C(C)c2ccccc2)CN=C1. The van der Waals surface area contributed by atoms with Crippen molar-refractivity contribution in [1.82, 2.24) is 9.97 Å². The van der Waals surface area contributed by atoms with Crippen molar-refractivity contribution in [2.24, 2.45) is 4.99 Å². The highest BCUT2D eigenvalue weighted by molar-refractivity contribution is 6.29. The number of rotatable bonds is 9. The first-order chi connectivity index (χ1) is 13.2. The second-order valence-electron chi connectivity index (χ2n) is 6.51. The molecule has 7 heteroatoms. The number of nitrogens with two attached hydrogens (primary N) is 1. The Kier molecular flexibility index (Phi) is 6.35. The summed E-state index contributed by atoms with van der Waals surface area (Å²) in [6.45, 7) is 6.17. The molecule has 0 fully saturated rings. The summed E-state index contributed by atoms with van der Waals surface area (Å²) in [5, 5.41) is 3.28. The molecular formula is C20H27N6O+. The average Bonchev–Trinajstić information content (AvgIpc) is 3.16. The zero-order valence-electron chi connectivity index (χ0n) is 15.9. The Labute approximate surface area is 160 Å². The van der Waals surface area contributed by atoms with Crippen LogP contribution in [0.3, 0.4) is 0 Å². The highest BCUT2D eigenvalue weighted by Gasteiger charge is 2.26. The Morgan fingerprint density at radius 3 is 2.89 bits per heavy atom. The molecule has 0 bridgehead atoms. The molecule has 1 aromatic heterocycles. The first-order valence-corrected chi connectivity index (χ1v) is 9.35. The van der Waals surface area contributed by atoms with Gasteiger partial charge in [0.2, 0.25) is 18.3 Å². The number of unbranched alkanes of at least 4 members (excludes halogenated alkanes) is 1. The molecule has 7 nitrogen and oxygen atoms in total. The maximum atomic E-state index is 6.01. The van der Waals surface area contributed by atoms with Crippen molar-refractivity contribution >= 4 is 23.7 Å². The van der Waals surface area contributed by atoms with Gasteiger partial charge in [-0.2, -0.15) is 4.98 Å². The van der Waals surface area contributed by atoms with Crippen molar-refractivity contribution in [1.29, 1.82) is 0 Å². The van der Waals surface area contributed by atoms with Crippen molar-refractivity contribution in [2.75, 3.05) is 30.9 Å². The van der Waals surface area contributed by atoms with E-state index < -0.39 is 0 Å². The van der Waals surface area contributed by atoms with E-state index in [1.165, 1.54) is 5.56 Å². The maximum Gasteiger partial charge on any atom is 0.236 e. The number of aliphatic imine (C=N–C) groups is 1. The summed E-state index contributed by atoms with van der Waals surface area (Å²) in [5.74, 6) is 1.46. The lowest BCUT2D eigenvalue weighted by Gasteiger charge is -2.13. The third kappa shape index (κ3) is 4.81. The highest BCUT2D eigenvalue weighted by atomic mass is 16.5. The smallest absolute Gasteiger partial charge is 0.236 e. The van der Waals surface area contributed by atoms with Crippen LogP contribution in [0, 0.1) is 0 Å². The van der Waals surface area contributed by atoms with E-state index in [1.807, 2.05) is 12.3 Å². The molecule has 1 atom stereocenters. The molecule has 142 valence electrons. The van der Waals surface area contributed by atoms with Crippen LogP contribution >= 0.6 is 0 Å². The highest BCUT2D eigenvalue weighted by Crippen LogP contribution is 2.22. The van der Waals surface area contributed by atoms with Crippen molar-refractivity contribution in [2.45, 2.75) is 32.7 Å². The van der Waals surface area contributed by atoms with Gasteiger partial charge in [-0.1, -0.05) is 43.7 Å². The molecule has 2 heterocycles. The molecule has 0 amide bonds. The lowest BCUT2D eigenvalue weighted by Crippen LogP contribution is -2.26. The maximum absolute atomic E-state index is 6.01. The fourth-order valence-electron chi connectivity index (χ4n) is 2.95. The molecule has 0 radical (unpaired) electrons. The monoisotopic (exact) mass is 367 g/mol. The minimum Gasteiger partial charge on any atom is -0.477 e. The van der Waals surface area contributed by atoms with E-state index in [4.69, 9.17) is 10.5 Å². The van der Waals surface area contributed by atoms with Crippen LogP contribution in [-0.4, -0.2) is 46.3 Å². The number of hydrogen-bond acceptors (Lipinski definition) is 6. The normalized spacial score (nSPS) is 14.4. The topological polar surface area (TPSA) is 88.4 Å². The molecule has 0 spiro atoms. The zero-order valence-corrected chi connectivity index (χ0v) is 15.9. The van der Waals surface area contributed by atoms with Crippen LogP contribution in [-0.2, 0) is 0 Å². The first-order valence-electron chi connectivity index (χ1n) is 9.35. The van der Waals surface area contributed by atoms with Gasteiger partial charge in [-0.05, 0) is 6.42 Å². The Morgan fingerprint density at radius 2 is 2.11 bits per heavy atom. The second-order valence-corrected chi connectivity index (χ2v) is 6.51. The van der Waals surface area contributed by atoms with Crippen LogP contribution in [0.4, 0.5) is 11.8 Å². The number of ether oxygens (including phenoxy) is 1. The lowest BCUT2D eigenvalue weighted by atomic mass is 10.1. The molecule has 1 aromatic carbocycles. The van der Waals surface area contributed by atoms with Gasteiger partial charge in [-0.25, -0.2) is 14.6 Å². The van der Waals surface area contributed by atoms with Gasteiger partial charge in [0.1, 0.15) is 0 Å². The minimum absolute atomic E-state index is 0.220. The number of aromatic nitrogens is 2. The predicted molar refractivity (Wildman–Crippen MR) is 109 cm³/mol. The van der Waals surface area contributed by atoms with Crippen molar-refractivity contribution in [3.8, 4) is 5.75 Å². The van der Waals surface area contributed by atoms with Gasteiger partial charge in [-0.15, -0.1) is 0 Å². The van der Waals surface area contributed by atoms with Gasteiger partial charge in [0.25, 0.3) is 0 Å². The summed E-state index contributed by atoms with van der Waals surface area (Å²) in [5.41, 5.74) is 8.00. The Hall–Kier alpha value is -2.96. The lowest BCUT2D eigenvalue weighted by molar-refractivity contribution is -0.563. The fourth-order valence-corrected chi connectivity index (χ4v) is 2.95. The van der Waals surface area contributed by atoms with E-state index in [0.29, 0.717) is 24.8 Å². The molecule has 3 N–H and O–H groups in total. The standard InChI is InChI=1S/C20H27N6O/c1-3-4-10-23-19-18(12-24-20(21)25-19)27-13-17-11-22-14-26(17)15(2)16-8-6-5-7-9-16/h5-9,11-12,15H,3-4,10,13-14H2,1-2H3,(H3,21,23,24,25)/q+1. The van der Waals surface area contributed by atoms with Gasteiger partial charge in [0, 0.05) is 19.0 Å². The number of hydrogen-bond donors (Lipinski definition) is 2. The van der Waals surface area contributed by atoms with E-state index in [9.17, 15) is 0 Å². The number of benzene rings is 1. The quantitative estimate of drug-likeness (QED) is 0.525. The van der Waals surface area contributed by atoms with E-state index >= 15 is 0 Å². The Bertz CT molecular complexity index is 818. The summed E-state index contributed by atoms with van der Waals surface area (Å²) < 4.78 is 8.24. The van der Waals surface area contributed by atoms with E-state index in [-0.39, 0.29) is 12.0 Å². The third-order valence-electron chi connectivity index (χ3n) is 4.56. The van der Waals surface area contributed by atoms with Gasteiger partial charge < -0.3 is 15.8 Å². The van der Waals surface area contributed by atoms with Gasteiger partial charge in [-0.3, -0.25) is 0 Å². The average molecular weight is 367 g/mol. The predicted octanol–water partition coefficient (Wildman–Crippen LogP) is 2.91. The number of anilines is 2. The molecule has 0 saturated carbocycles. The summed E-state index contributed by atoms with van der Waals surface area (Å²) in [6.07, 6.45) is 5.65. The van der Waals surface area contributed by atoms with Gasteiger partial charge in [0.15, 0.2) is 24.2 Å². The summed E-state index contributed by atoms with van der Waals surface area (Å²) >= 11 is 0. The van der Waals surface area contributed by atoms with Crippen LogP contribution < -0.4 is 15.8 Å². The van der Waals surface area contributed by atoms with Crippen molar-refractivity contribution < 1.29 is 9.31 Å². The molecular weight excluding hydrogens is 340 g/mol. The molecule has 3 rings (SSSR count). The molecule has 2 aromatic rings. The van der Waals surface area contributed by atoms with Crippen molar-refractivity contribution in [3.63, 3.8) is 0 Å². The van der Waals surface area contributed by atoms with Crippen LogP contribution in [0.1, 0.15) is 38.3 Å². The molecule has 0 saturated heterocycles. The van der Waals surface area contributed by atoms with E-state index in [1.54, 1.807) is 6.20 Å². The summed E-state index contributed by atoms with van der Waals surface area (Å²) in [6, 6.07) is 10.6. The zero-order chi connectivity index (χ0) is 19.1. The summed E-state index contributed by atoms with van der Waals surface area (Å²) in [7, 11) is 0. The van der Waals surface area contributed by atoms with Gasteiger partial charge in [0.05, 0.1) is 12.4 Å².